The van der Waals surface area contributed by atoms with E-state index in [4.69, 9.17) is 0 Å². The van der Waals surface area contributed by atoms with Crippen LogP contribution in [0.3, 0.4) is 0 Å². The molecule has 34 heavy (non-hydrogen) atoms. The van der Waals surface area contributed by atoms with Crippen LogP contribution in [0.2, 0.25) is 0 Å². The molecule has 0 aliphatic rings. The molecule has 0 aromatic heterocycles. The molecule has 6 rings (SSSR count). The monoisotopic (exact) mass is 438 g/mol. The standard InChI is InChI=1S/C12H10N2.2C10H8/c1-3-7-11(8-4-1)13-14-12-9-5-2-6-10-12;2*1-2-6-10-8-4-3-7-9(10)5-1/h1-10H;2*1-8H. The van der Waals surface area contributed by atoms with Crippen LogP contribution >= 0.6 is 0 Å². The summed E-state index contributed by atoms with van der Waals surface area (Å²) in [7, 11) is 0. The molecule has 0 bridgehead atoms. The van der Waals surface area contributed by atoms with E-state index in [1.807, 2.05) is 60.7 Å². The third-order valence-corrected chi connectivity index (χ3v) is 5.11. The average Bonchev–Trinajstić information content (AvgIpc) is 2.94. The molecule has 2 nitrogen and oxygen atoms in total. The quantitative estimate of drug-likeness (QED) is 0.240. The van der Waals surface area contributed by atoms with Crippen molar-refractivity contribution in [2.24, 2.45) is 10.2 Å². The van der Waals surface area contributed by atoms with Gasteiger partial charge in [-0.2, -0.15) is 10.2 Å². The minimum atomic E-state index is 0.872. The Morgan fingerprint density at radius 2 is 0.441 bits per heavy atom. The van der Waals surface area contributed by atoms with E-state index < -0.39 is 0 Å². The molecule has 0 aliphatic carbocycles. The molecule has 6 aromatic rings. The third-order valence-electron chi connectivity index (χ3n) is 5.11. The van der Waals surface area contributed by atoms with Gasteiger partial charge in [-0.05, 0) is 45.8 Å². The van der Waals surface area contributed by atoms with Crippen molar-refractivity contribution in [3.8, 4) is 0 Å². The summed E-state index contributed by atoms with van der Waals surface area (Å²) in [4.78, 5) is 0. The van der Waals surface area contributed by atoms with Gasteiger partial charge in [-0.3, -0.25) is 0 Å². The molecule has 0 radical (unpaired) electrons. The van der Waals surface area contributed by atoms with E-state index in [0.717, 1.165) is 11.4 Å². The van der Waals surface area contributed by atoms with Crippen molar-refractivity contribution in [1.29, 1.82) is 0 Å². The lowest BCUT2D eigenvalue weighted by molar-refractivity contribution is 1.23. The number of hydrogen-bond donors (Lipinski definition) is 0. The van der Waals surface area contributed by atoms with E-state index >= 15 is 0 Å². The van der Waals surface area contributed by atoms with Gasteiger partial charge in [0.2, 0.25) is 0 Å². The van der Waals surface area contributed by atoms with E-state index in [0.29, 0.717) is 0 Å². The summed E-state index contributed by atoms with van der Waals surface area (Å²) in [5, 5.41) is 13.4. The largest absolute Gasteiger partial charge is 0.151 e. The highest BCUT2D eigenvalue weighted by Crippen LogP contribution is 2.16. The lowest BCUT2D eigenvalue weighted by Crippen LogP contribution is -1.67. The van der Waals surface area contributed by atoms with Crippen molar-refractivity contribution < 1.29 is 0 Å². The summed E-state index contributed by atoms with van der Waals surface area (Å²) in [6.45, 7) is 0. The molecule has 0 aliphatic heterocycles. The summed E-state index contributed by atoms with van der Waals surface area (Å²) in [6.07, 6.45) is 0. The zero-order chi connectivity index (χ0) is 23.3. The Morgan fingerprint density at radius 3 is 0.676 bits per heavy atom. The SMILES string of the molecule is c1ccc(N=Nc2ccccc2)cc1.c1ccc2ccccc2c1.c1ccc2ccccc2c1. The minimum absolute atomic E-state index is 0.872. The first-order valence-electron chi connectivity index (χ1n) is 11.3. The van der Waals surface area contributed by atoms with Gasteiger partial charge in [-0.25, -0.2) is 0 Å². The molecule has 0 heterocycles. The number of rotatable bonds is 2. The van der Waals surface area contributed by atoms with Gasteiger partial charge in [0.25, 0.3) is 0 Å². The second-order valence-corrected chi connectivity index (χ2v) is 7.57. The Kier molecular flexibility index (Phi) is 8.30. The fourth-order valence-electron chi connectivity index (χ4n) is 3.37. The zero-order valence-corrected chi connectivity index (χ0v) is 18.9. The van der Waals surface area contributed by atoms with Gasteiger partial charge >= 0.3 is 0 Å². The zero-order valence-electron chi connectivity index (χ0n) is 18.9. The van der Waals surface area contributed by atoms with Crippen LogP contribution in [0.25, 0.3) is 21.5 Å². The summed E-state index contributed by atoms with van der Waals surface area (Å²) in [6, 6.07) is 52.8. The van der Waals surface area contributed by atoms with Crippen molar-refractivity contribution in [2.75, 3.05) is 0 Å². The van der Waals surface area contributed by atoms with Crippen molar-refractivity contribution in [1.82, 2.24) is 0 Å². The van der Waals surface area contributed by atoms with Gasteiger partial charge in [0.05, 0.1) is 11.4 Å². The van der Waals surface area contributed by atoms with Crippen LogP contribution in [-0.4, -0.2) is 0 Å². The minimum Gasteiger partial charge on any atom is -0.151 e. The van der Waals surface area contributed by atoms with Crippen LogP contribution in [-0.2, 0) is 0 Å². The van der Waals surface area contributed by atoms with Gasteiger partial charge in [-0.15, -0.1) is 0 Å². The van der Waals surface area contributed by atoms with E-state index in [1.165, 1.54) is 21.5 Å². The maximum Gasteiger partial charge on any atom is 0.0857 e. The Labute approximate surface area is 200 Å². The normalized spacial score (nSPS) is 10.2. The smallest absolute Gasteiger partial charge is 0.0857 e. The maximum absolute atomic E-state index is 4.10. The van der Waals surface area contributed by atoms with E-state index in [-0.39, 0.29) is 0 Å². The van der Waals surface area contributed by atoms with E-state index in [2.05, 4.69) is 107 Å². The van der Waals surface area contributed by atoms with Gasteiger partial charge in [-0.1, -0.05) is 133 Å². The molecular formula is C32H26N2. The molecule has 0 atom stereocenters. The number of fused-ring (bicyclic) bond motifs is 2. The fourth-order valence-corrected chi connectivity index (χ4v) is 3.37. The summed E-state index contributed by atoms with van der Waals surface area (Å²) >= 11 is 0. The van der Waals surface area contributed by atoms with Gasteiger partial charge in [0, 0.05) is 0 Å². The van der Waals surface area contributed by atoms with Crippen LogP contribution in [0.1, 0.15) is 0 Å². The number of azo groups is 1. The number of hydrogen-bond acceptors (Lipinski definition) is 2. The predicted molar refractivity (Wildman–Crippen MR) is 145 cm³/mol. The first-order chi connectivity index (χ1) is 16.9. The molecule has 0 amide bonds. The highest BCUT2D eigenvalue weighted by atomic mass is 15.1. The summed E-state index contributed by atoms with van der Waals surface area (Å²) in [5.74, 6) is 0. The molecule has 0 N–H and O–H groups in total. The third kappa shape index (κ3) is 6.98. The van der Waals surface area contributed by atoms with Crippen molar-refractivity contribution in [3.05, 3.63) is 158 Å². The molecular weight excluding hydrogens is 412 g/mol. The summed E-state index contributed by atoms with van der Waals surface area (Å²) < 4.78 is 0. The predicted octanol–water partition coefficient (Wildman–Crippen LogP) is 9.78. The first-order valence-corrected chi connectivity index (χ1v) is 11.3. The Balaban J connectivity index is 0.000000123. The average molecular weight is 439 g/mol. The van der Waals surface area contributed by atoms with Gasteiger partial charge in [0.15, 0.2) is 0 Å². The Hall–Kier alpha value is -4.56. The van der Waals surface area contributed by atoms with E-state index in [9.17, 15) is 0 Å². The Bertz CT molecular complexity index is 1200. The molecule has 2 heteroatoms. The van der Waals surface area contributed by atoms with Crippen molar-refractivity contribution >= 4 is 32.9 Å². The molecule has 0 spiro atoms. The highest BCUT2D eigenvalue weighted by Gasteiger charge is 1.87. The van der Waals surface area contributed by atoms with Gasteiger partial charge in [0.1, 0.15) is 0 Å². The second-order valence-electron chi connectivity index (χ2n) is 7.57. The second kappa shape index (κ2) is 12.5. The topological polar surface area (TPSA) is 24.7 Å². The van der Waals surface area contributed by atoms with Crippen LogP contribution in [0.15, 0.2) is 168 Å². The van der Waals surface area contributed by atoms with Crippen LogP contribution in [0.5, 0.6) is 0 Å². The van der Waals surface area contributed by atoms with Crippen LogP contribution in [0, 0.1) is 0 Å². The molecule has 0 unspecified atom stereocenters. The molecule has 0 fully saturated rings. The van der Waals surface area contributed by atoms with Crippen LogP contribution in [0.4, 0.5) is 11.4 Å². The molecule has 6 aromatic carbocycles. The lowest BCUT2D eigenvalue weighted by atomic mass is 10.1. The fraction of sp³-hybridized carbons (Fsp3) is 0. The number of benzene rings is 6. The molecule has 164 valence electrons. The highest BCUT2D eigenvalue weighted by molar-refractivity contribution is 5.82. The maximum atomic E-state index is 4.10. The van der Waals surface area contributed by atoms with E-state index in [1.54, 1.807) is 0 Å². The number of nitrogens with zero attached hydrogens (tertiary/aromatic N) is 2. The van der Waals surface area contributed by atoms with Gasteiger partial charge < -0.3 is 0 Å². The van der Waals surface area contributed by atoms with Crippen LogP contribution < -0.4 is 0 Å². The molecule has 0 saturated carbocycles. The lowest BCUT2D eigenvalue weighted by Gasteiger charge is -1.92. The molecule has 0 saturated heterocycles. The van der Waals surface area contributed by atoms with Crippen molar-refractivity contribution in [2.45, 2.75) is 0 Å². The summed E-state index contributed by atoms with van der Waals surface area (Å²) in [5.41, 5.74) is 1.74. The Morgan fingerprint density at radius 1 is 0.235 bits per heavy atom. The van der Waals surface area contributed by atoms with Crippen molar-refractivity contribution in [3.63, 3.8) is 0 Å². The first kappa shape index (κ1) is 22.6.